The van der Waals surface area contributed by atoms with Crippen molar-refractivity contribution in [2.75, 3.05) is 11.9 Å². The van der Waals surface area contributed by atoms with Crippen LogP contribution < -0.4 is 5.32 Å². The number of aromatic nitrogens is 1. The Morgan fingerprint density at radius 2 is 2.14 bits per heavy atom. The molecule has 5 rings (SSSR count). The minimum atomic E-state index is -0.881. The fourth-order valence-corrected chi connectivity index (χ4v) is 5.76. The number of nitrogens with one attached hydrogen (secondary N) is 2. The van der Waals surface area contributed by atoms with Crippen LogP contribution in [0.25, 0.3) is 10.9 Å². The van der Waals surface area contributed by atoms with E-state index in [0.29, 0.717) is 6.54 Å². The van der Waals surface area contributed by atoms with Gasteiger partial charge in [0, 0.05) is 17.8 Å². The smallest absolute Gasteiger partial charge is 0.407 e. The molecule has 1 amide bonds. The molecule has 3 aromatic rings. The molecule has 1 aromatic carbocycles. The number of fused-ring (bicyclic) bond motifs is 2. The Hall–Kier alpha value is -2.32. The Bertz CT molecular complexity index is 1060. The molecule has 1 saturated heterocycles. The van der Waals surface area contributed by atoms with E-state index < -0.39 is 6.09 Å². The van der Waals surface area contributed by atoms with Crippen molar-refractivity contribution in [1.82, 2.24) is 9.88 Å². The second kappa shape index (κ2) is 6.93. The Labute approximate surface area is 174 Å². The third kappa shape index (κ3) is 3.00. The lowest BCUT2D eigenvalue weighted by molar-refractivity contribution is 0.124. The molecule has 144 valence electrons. The molecule has 0 spiro atoms. The quantitative estimate of drug-likeness (QED) is 0.478. The standard InChI is InChI=1S/C20H19BrN4O2S/c21-16-10-14-18(28-16)17(13-9-11-5-1-2-6-12(11)22-13)24-19(23-14)15-7-3-4-8-25(15)20(26)27/h1-2,5-6,9-10,15,17,22H,3-4,7-8H2,(H,23,24)(H,26,27)/t15-,17?/m0/s1. The number of aromatic amines is 1. The molecule has 4 heterocycles. The van der Waals surface area contributed by atoms with Crippen molar-refractivity contribution in [3.05, 3.63) is 50.8 Å². The number of H-pyrrole nitrogens is 1. The maximum absolute atomic E-state index is 11.8. The molecule has 0 saturated carbocycles. The van der Waals surface area contributed by atoms with Crippen LogP contribution in [0.3, 0.4) is 0 Å². The highest BCUT2D eigenvalue weighted by Crippen LogP contribution is 2.43. The molecule has 2 aliphatic heterocycles. The van der Waals surface area contributed by atoms with Gasteiger partial charge < -0.3 is 15.4 Å². The first-order valence-electron chi connectivity index (χ1n) is 9.31. The minimum Gasteiger partial charge on any atom is -0.465 e. The van der Waals surface area contributed by atoms with E-state index >= 15 is 0 Å². The number of halogens is 1. The highest BCUT2D eigenvalue weighted by atomic mass is 79.9. The predicted molar refractivity (Wildman–Crippen MR) is 116 cm³/mol. The molecular weight excluding hydrogens is 440 g/mol. The van der Waals surface area contributed by atoms with Crippen LogP contribution in [0.4, 0.5) is 10.5 Å². The summed E-state index contributed by atoms with van der Waals surface area (Å²) in [6.45, 7) is 0.554. The number of piperidine rings is 1. The average Bonchev–Trinajstić information content (AvgIpc) is 3.29. The molecular formula is C20H19BrN4O2S. The first kappa shape index (κ1) is 17.8. The molecule has 3 N–H and O–H groups in total. The lowest BCUT2D eigenvalue weighted by atomic mass is 9.99. The lowest BCUT2D eigenvalue weighted by Crippen LogP contribution is -2.50. The molecule has 6 nitrogen and oxygen atoms in total. The average molecular weight is 459 g/mol. The molecule has 0 aliphatic carbocycles. The van der Waals surface area contributed by atoms with Crippen molar-refractivity contribution in [3.8, 4) is 0 Å². The molecule has 2 aromatic heterocycles. The van der Waals surface area contributed by atoms with Crippen molar-refractivity contribution >= 4 is 55.8 Å². The van der Waals surface area contributed by atoms with Crippen LogP contribution in [-0.4, -0.2) is 39.5 Å². The maximum Gasteiger partial charge on any atom is 0.407 e. The Morgan fingerprint density at radius 3 is 2.96 bits per heavy atom. The van der Waals surface area contributed by atoms with Crippen LogP contribution in [0, 0.1) is 0 Å². The number of benzene rings is 1. The summed E-state index contributed by atoms with van der Waals surface area (Å²) in [4.78, 5) is 22.9. The number of anilines is 1. The third-order valence-corrected chi connectivity index (χ3v) is 7.11. The Kier molecular flexibility index (Phi) is 4.40. The summed E-state index contributed by atoms with van der Waals surface area (Å²) in [6, 6.07) is 12.0. The van der Waals surface area contributed by atoms with Crippen molar-refractivity contribution < 1.29 is 9.90 Å². The SMILES string of the molecule is O=C(O)N1CCCC[C@H]1C1=NC(c2cc3ccccc3[nH]2)c2sc(Br)cc2N1. The first-order valence-corrected chi connectivity index (χ1v) is 10.9. The van der Waals surface area contributed by atoms with Gasteiger partial charge in [0.2, 0.25) is 0 Å². The molecule has 2 aliphatic rings. The number of para-hydroxylation sites is 1. The molecule has 8 heteroatoms. The fourth-order valence-electron chi connectivity index (χ4n) is 4.11. The second-order valence-corrected chi connectivity index (χ2v) is 9.63. The number of hydrogen-bond acceptors (Lipinski definition) is 4. The minimum absolute atomic E-state index is 0.174. The number of rotatable bonds is 2. The third-order valence-electron chi connectivity index (χ3n) is 5.42. The highest BCUT2D eigenvalue weighted by molar-refractivity contribution is 9.11. The van der Waals surface area contributed by atoms with E-state index in [1.807, 2.05) is 12.1 Å². The van der Waals surface area contributed by atoms with Crippen LogP contribution in [0.2, 0.25) is 0 Å². The van der Waals surface area contributed by atoms with Crippen molar-refractivity contribution in [2.24, 2.45) is 4.99 Å². The van der Waals surface area contributed by atoms with E-state index in [1.165, 1.54) is 4.90 Å². The number of carboxylic acid groups (broad SMARTS) is 1. The lowest BCUT2D eigenvalue weighted by Gasteiger charge is -2.36. The number of likely N-dealkylation sites (tertiary alicyclic amines) is 1. The fraction of sp³-hybridized carbons (Fsp3) is 0.300. The summed E-state index contributed by atoms with van der Waals surface area (Å²) in [5.74, 6) is 0.739. The van der Waals surface area contributed by atoms with Crippen LogP contribution >= 0.6 is 27.3 Å². The number of hydrogen-bond donors (Lipinski definition) is 3. The van der Waals surface area contributed by atoms with Gasteiger partial charge in [-0.15, -0.1) is 11.3 Å². The summed E-state index contributed by atoms with van der Waals surface area (Å²) in [6.07, 6.45) is 1.81. The van der Waals surface area contributed by atoms with E-state index in [0.717, 1.165) is 56.0 Å². The zero-order chi connectivity index (χ0) is 19.3. The summed E-state index contributed by atoms with van der Waals surface area (Å²) < 4.78 is 1.03. The monoisotopic (exact) mass is 458 g/mol. The van der Waals surface area contributed by atoms with E-state index in [1.54, 1.807) is 11.3 Å². The van der Waals surface area contributed by atoms with Gasteiger partial charge in [-0.25, -0.2) is 4.79 Å². The molecule has 28 heavy (non-hydrogen) atoms. The molecule has 0 radical (unpaired) electrons. The zero-order valence-corrected chi connectivity index (χ0v) is 17.4. The second-order valence-electron chi connectivity index (χ2n) is 7.17. The number of aliphatic imine (C=N–C) groups is 1. The largest absolute Gasteiger partial charge is 0.465 e. The summed E-state index contributed by atoms with van der Waals surface area (Å²) >= 11 is 5.25. The van der Waals surface area contributed by atoms with Crippen LogP contribution in [0.15, 0.2) is 45.2 Å². The van der Waals surface area contributed by atoms with Gasteiger partial charge in [-0.3, -0.25) is 9.89 Å². The van der Waals surface area contributed by atoms with Crippen molar-refractivity contribution in [3.63, 3.8) is 0 Å². The van der Waals surface area contributed by atoms with Gasteiger partial charge >= 0.3 is 6.09 Å². The molecule has 1 fully saturated rings. The molecule has 2 atom stereocenters. The van der Waals surface area contributed by atoms with Crippen molar-refractivity contribution in [1.29, 1.82) is 0 Å². The first-order chi connectivity index (χ1) is 13.6. The van der Waals surface area contributed by atoms with E-state index in [4.69, 9.17) is 4.99 Å². The Balaban J connectivity index is 1.60. The van der Waals surface area contributed by atoms with Gasteiger partial charge in [0.15, 0.2) is 0 Å². The van der Waals surface area contributed by atoms with Gasteiger partial charge in [0.25, 0.3) is 0 Å². The van der Waals surface area contributed by atoms with E-state index in [-0.39, 0.29) is 12.1 Å². The van der Waals surface area contributed by atoms with Crippen LogP contribution in [-0.2, 0) is 0 Å². The summed E-state index contributed by atoms with van der Waals surface area (Å²) in [5, 5.41) is 14.2. The van der Waals surface area contributed by atoms with Gasteiger partial charge in [-0.1, -0.05) is 18.2 Å². The number of amides is 1. The van der Waals surface area contributed by atoms with Gasteiger partial charge in [0.05, 0.1) is 20.4 Å². The number of carbonyl (C=O) groups is 1. The zero-order valence-electron chi connectivity index (χ0n) is 15.0. The summed E-state index contributed by atoms with van der Waals surface area (Å²) in [5.41, 5.74) is 3.10. The van der Waals surface area contributed by atoms with E-state index in [9.17, 15) is 9.90 Å². The number of nitrogens with zero attached hydrogens (tertiary/aromatic N) is 2. The van der Waals surface area contributed by atoms with Gasteiger partial charge in [0.1, 0.15) is 11.9 Å². The summed E-state index contributed by atoms with van der Waals surface area (Å²) in [7, 11) is 0. The maximum atomic E-state index is 11.8. The molecule has 0 bridgehead atoms. The Morgan fingerprint density at radius 1 is 1.29 bits per heavy atom. The van der Waals surface area contributed by atoms with Gasteiger partial charge in [-0.2, -0.15) is 0 Å². The van der Waals surface area contributed by atoms with Gasteiger partial charge in [-0.05, 0) is 58.8 Å². The number of thiophene rings is 1. The van der Waals surface area contributed by atoms with E-state index in [2.05, 4.69) is 50.5 Å². The predicted octanol–water partition coefficient (Wildman–Crippen LogP) is 5.44. The van der Waals surface area contributed by atoms with Crippen LogP contribution in [0.5, 0.6) is 0 Å². The normalized spacial score (nSPS) is 21.9. The van der Waals surface area contributed by atoms with Crippen molar-refractivity contribution in [2.45, 2.75) is 31.3 Å². The van der Waals surface area contributed by atoms with Crippen LogP contribution in [0.1, 0.15) is 35.9 Å². The molecule has 1 unspecified atom stereocenters. The highest BCUT2D eigenvalue weighted by Gasteiger charge is 2.35. The number of amidine groups is 1. The topological polar surface area (TPSA) is 80.7 Å².